The van der Waals surface area contributed by atoms with E-state index in [1.54, 1.807) is 29.2 Å². The molecule has 0 unspecified atom stereocenters. The first kappa shape index (κ1) is 20.4. The van der Waals surface area contributed by atoms with E-state index in [4.69, 9.17) is 4.42 Å². The molecule has 162 valence electrons. The van der Waals surface area contributed by atoms with Gasteiger partial charge in [-0.1, -0.05) is 48.5 Å². The molecule has 5 nitrogen and oxygen atoms in total. The summed E-state index contributed by atoms with van der Waals surface area (Å²) in [5, 5.41) is 2.08. The Balaban J connectivity index is 1.75. The van der Waals surface area contributed by atoms with Crippen molar-refractivity contribution in [2.24, 2.45) is 0 Å². The summed E-state index contributed by atoms with van der Waals surface area (Å²) < 4.78 is 21.0. The number of carbonyl (C=O) groups excluding carboxylic acids is 1. The Morgan fingerprint density at radius 1 is 0.969 bits per heavy atom. The number of amides is 1. The summed E-state index contributed by atoms with van der Waals surface area (Å²) in [4.78, 5) is 30.7. The normalized spacial score (nSPS) is 15.8. The molecular formula is C26H23FN2O3. The fraction of sp³-hybridized carbons (Fsp3) is 0.231. The first-order valence-corrected chi connectivity index (χ1v) is 10.7. The molecule has 0 saturated carbocycles. The minimum Gasteiger partial charge on any atom is -0.450 e. The van der Waals surface area contributed by atoms with Crippen LogP contribution in [0.15, 0.2) is 69.9 Å². The maximum absolute atomic E-state index is 14.9. The van der Waals surface area contributed by atoms with E-state index in [9.17, 15) is 14.0 Å². The van der Waals surface area contributed by atoms with E-state index in [0.717, 1.165) is 17.3 Å². The third kappa shape index (κ3) is 3.19. The summed E-state index contributed by atoms with van der Waals surface area (Å²) in [6.45, 7) is 1.15. The van der Waals surface area contributed by atoms with Gasteiger partial charge in [0.15, 0.2) is 5.43 Å². The number of halogens is 1. The Morgan fingerprint density at radius 3 is 2.50 bits per heavy atom. The van der Waals surface area contributed by atoms with Crippen molar-refractivity contribution >= 4 is 27.6 Å². The number of hydrogen-bond acceptors (Lipinski definition) is 4. The Kier molecular flexibility index (Phi) is 5.02. The molecule has 1 amide bonds. The lowest BCUT2D eigenvalue weighted by Gasteiger charge is -2.26. The van der Waals surface area contributed by atoms with Gasteiger partial charge in [-0.2, -0.15) is 0 Å². The predicted molar refractivity (Wildman–Crippen MR) is 122 cm³/mol. The van der Waals surface area contributed by atoms with Crippen molar-refractivity contribution < 1.29 is 13.6 Å². The lowest BCUT2D eigenvalue weighted by molar-refractivity contribution is 0.0720. The van der Waals surface area contributed by atoms with Gasteiger partial charge in [0.05, 0.1) is 17.0 Å². The first-order valence-electron chi connectivity index (χ1n) is 10.7. The van der Waals surface area contributed by atoms with Gasteiger partial charge in [0, 0.05) is 17.5 Å². The number of rotatable bonds is 5. The molecule has 0 radical (unpaired) electrons. The highest BCUT2D eigenvalue weighted by Crippen LogP contribution is 2.40. The van der Waals surface area contributed by atoms with E-state index in [0.29, 0.717) is 29.5 Å². The highest BCUT2D eigenvalue weighted by molar-refractivity contribution is 6.06. The fourth-order valence-electron chi connectivity index (χ4n) is 4.56. The van der Waals surface area contributed by atoms with Crippen LogP contribution in [0.5, 0.6) is 0 Å². The Labute approximate surface area is 184 Å². The van der Waals surface area contributed by atoms with E-state index in [2.05, 4.69) is 0 Å². The van der Waals surface area contributed by atoms with Gasteiger partial charge in [0.2, 0.25) is 5.76 Å². The van der Waals surface area contributed by atoms with Crippen molar-refractivity contribution in [1.29, 1.82) is 0 Å². The van der Waals surface area contributed by atoms with Crippen molar-refractivity contribution in [3.05, 3.63) is 93.6 Å². The number of benzene rings is 3. The summed E-state index contributed by atoms with van der Waals surface area (Å²) in [5.41, 5.74) is 0.621. The predicted octanol–water partition coefficient (Wildman–Crippen LogP) is 4.58. The third-order valence-corrected chi connectivity index (χ3v) is 6.06. The van der Waals surface area contributed by atoms with Gasteiger partial charge in [0.1, 0.15) is 11.4 Å². The van der Waals surface area contributed by atoms with Gasteiger partial charge in [0.25, 0.3) is 5.91 Å². The quantitative estimate of drug-likeness (QED) is 0.435. The number of hydrogen-bond donors (Lipinski definition) is 0. The molecule has 1 aliphatic heterocycles. The van der Waals surface area contributed by atoms with Crippen molar-refractivity contribution in [2.75, 3.05) is 27.2 Å². The molecule has 0 saturated heterocycles. The molecule has 0 aliphatic carbocycles. The third-order valence-electron chi connectivity index (χ3n) is 6.06. The zero-order valence-corrected chi connectivity index (χ0v) is 18.0. The summed E-state index contributed by atoms with van der Waals surface area (Å²) in [6, 6.07) is 16.7. The maximum Gasteiger partial charge on any atom is 0.290 e. The molecule has 3 aromatic carbocycles. The van der Waals surface area contributed by atoms with Crippen LogP contribution in [0.4, 0.5) is 4.39 Å². The van der Waals surface area contributed by atoms with Crippen LogP contribution in [-0.2, 0) is 0 Å². The van der Waals surface area contributed by atoms with Gasteiger partial charge in [-0.15, -0.1) is 0 Å². The molecule has 1 aromatic heterocycles. The topological polar surface area (TPSA) is 53.8 Å². The highest BCUT2D eigenvalue weighted by atomic mass is 19.1. The molecule has 0 N–H and O–H groups in total. The van der Waals surface area contributed by atoms with Crippen molar-refractivity contribution in [1.82, 2.24) is 9.80 Å². The van der Waals surface area contributed by atoms with E-state index in [1.165, 1.54) is 6.07 Å². The average molecular weight is 430 g/mol. The van der Waals surface area contributed by atoms with Gasteiger partial charge in [-0.3, -0.25) is 9.59 Å². The summed E-state index contributed by atoms with van der Waals surface area (Å²) in [5.74, 6) is -0.815. The minimum absolute atomic E-state index is 0.0111. The SMILES string of the molecule is CN(C)CCCN1C(=O)c2oc3c(ccc4ccccc43)c(=O)c2[C@@H]1c1ccccc1F. The van der Waals surface area contributed by atoms with Crippen LogP contribution < -0.4 is 5.43 Å². The molecule has 5 rings (SSSR count). The molecule has 0 bridgehead atoms. The van der Waals surface area contributed by atoms with Crippen molar-refractivity contribution in [2.45, 2.75) is 12.5 Å². The molecular weight excluding hydrogens is 407 g/mol. The van der Waals surface area contributed by atoms with Gasteiger partial charge in [-0.25, -0.2) is 4.39 Å². The van der Waals surface area contributed by atoms with E-state index in [-0.39, 0.29) is 22.7 Å². The molecule has 1 atom stereocenters. The zero-order valence-electron chi connectivity index (χ0n) is 18.0. The number of nitrogens with zero attached hydrogens (tertiary/aromatic N) is 2. The second kappa shape index (κ2) is 7.88. The van der Waals surface area contributed by atoms with Crippen LogP contribution in [0.1, 0.15) is 34.1 Å². The van der Waals surface area contributed by atoms with Crippen molar-refractivity contribution in [3.63, 3.8) is 0 Å². The fourth-order valence-corrected chi connectivity index (χ4v) is 4.56. The van der Waals surface area contributed by atoms with Crippen LogP contribution in [0.25, 0.3) is 21.7 Å². The molecule has 1 aliphatic rings. The van der Waals surface area contributed by atoms with Crippen LogP contribution in [0, 0.1) is 5.82 Å². The van der Waals surface area contributed by atoms with Gasteiger partial charge >= 0.3 is 0 Å². The minimum atomic E-state index is -0.812. The summed E-state index contributed by atoms with van der Waals surface area (Å²) >= 11 is 0. The highest BCUT2D eigenvalue weighted by Gasteiger charge is 2.43. The van der Waals surface area contributed by atoms with E-state index >= 15 is 0 Å². The van der Waals surface area contributed by atoms with Crippen LogP contribution in [0.3, 0.4) is 0 Å². The molecule has 2 heterocycles. The molecule has 4 aromatic rings. The standard InChI is InChI=1S/C26H23FN2O3/c1-28(2)14-7-15-29-22(18-10-5-6-11-20(18)27)21-23(30)19-13-12-16-8-3-4-9-17(16)24(19)32-25(21)26(29)31/h3-6,8-13,22H,7,14-15H2,1-2H3/t22-/m0/s1. The van der Waals surface area contributed by atoms with Gasteiger partial charge < -0.3 is 14.2 Å². The lowest BCUT2D eigenvalue weighted by Crippen LogP contribution is -2.32. The molecule has 6 heteroatoms. The molecule has 32 heavy (non-hydrogen) atoms. The Bertz CT molecular complexity index is 1410. The summed E-state index contributed by atoms with van der Waals surface area (Å²) in [6.07, 6.45) is 0.689. The second-order valence-corrected chi connectivity index (χ2v) is 8.42. The smallest absolute Gasteiger partial charge is 0.290 e. The largest absolute Gasteiger partial charge is 0.450 e. The maximum atomic E-state index is 14.9. The number of carbonyl (C=O) groups is 1. The molecule has 0 fully saturated rings. The number of fused-ring (bicyclic) bond motifs is 4. The van der Waals surface area contributed by atoms with Crippen molar-refractivity contribution in [3.8, 4) is 0 Å². The monoisotopic (exact) mass is 430 g/mol. The summed E-state index contributed by atoms with van der Waals surface area (Å²) in [7, 11) is 3.91. The van der Waals surface area contributed by atoms with Crippen LogP contribution in [0.2, 0.25) is 0 Å². The second-order valence-electron chi connectivity index (χ2n) is 8.42. The Hall–Kier alpha value is -3.51. The van der Waals surface area contributed by atoms with E-state index in [1.807, 2.05) is 49.3 Å². The lowest BCUT2D eigenvalue weighted by atomic mass is 9.97. The van der Waals surface area contributed by atoms with Crippen LogP contribution in [-0.4, -0.2) is 42.9 Å². The zero-order chi connectivity index (χ0) is 22.4. The average Bonchev–Trinajstić information content (AvgIpc) is 3.06. The van der Waals surface area contributed by atoms with E-state index < -0.39 is 11.9 Å². The Morgan fingerprint density at radius 2 is 1.72 bits per heavy atom. The first-order chi connectivity index (χ1) is 15.5. The molecule has 0 spiro atoms. The van der Waals surface area contributed by atoms with Gasteiger partial charge in [-0.05, 0) is 44.6 Å². The van der Waals surface area contributed by atoms with Crippen LogP contribution >= 0.6 is 0 Å².